The molecule has 10 heteroatoms. The smallest absolute Gasteiger partial charge is 0.252 e. The highest BCUT2D eigenvalue weighted by Gasteiger charge is 2.18. The standard InChI is InChI=1S/C25H28N6O4/c1-17-3-5-18(6-4-17)14-30(16-24-27-28-29-31(24)7-8-33-2)15-20-11-19-12-22-23(35-10-9-34-22)13-21(19)26-25(20)32/h3-6,11-13H,7-10,14-16H2,1-2H3,(H,26,32). The van der Waals surface area contributed by atoms with Crippen molar-refractivity contribution >= 4 is 10.9 Å². The summed E-state index contributed by atoms with van der Waals surface area (Å²) in [4.78, 5) is 18.2. The van der Waals surface area contributed by atoms with Crippen molar-refractivity contribution in [3.05, 3.63) is 75.3 Å². The van der Waals surface area contributed by atoms with Gasteiger partial charge in [0.25, 0.3) is 5.56 Å². The Bertz CT molecular complexity index is 1360. The quantitative estimate of drug-likeness (QED) is 0.393. The van der Waals surface area contributed by atoms with Gasteiger partial charge in [0.15, 0.2) is 17.3 Å². The van der Waals surface area contributed by atoms with Crippen LogP contribution in [0.4, 0.5) is 0 Å². The van der Waals surface area contributed by atoms with Crippen molar-refractivity contribution in [2.45, 2.75) is 33.1 Å². The number of aryl methyl sites for hydroxylation is 1. The van der Waals surface area contributed by atoms with Crippen LogP contribution in [0.2, 0.25) is 0 Å². The molecular weight excluding hydrogens is 448 g/mol. The average molecular weight is 477 g/mol. The van der Waals surface area contributed by atoms with Crippen molar-refractivity contribution in [2.24, 2.45) is 0 Å². The van der Waals surface area contributed by atoms with Gasteiger partial charge in [-0.25, -0.2) is 4.68 Å². The summed E-state index contributed by atoms with van der Waals surface area (Å²) < 4.78 is 18.3. The number of benzene rings is 2. The van der Waals surface area contributed by atoms with Crippen LogP contribution in [-0.4, -0.2) is 57.0 Å². The number of tetrazole rings is 1. The third-order valence-corrected chi connectivity index (χ3v) is 5.98. The third-order valence-electron chi connectivity index (χ3n) is 5.98. The van der Waals surface area contributed by atoms with Gasteiger partial charge in [-0.15, -0.1) is 5.10 Å². The van der Waals surface area contributed by atoms with E-state index < -0.39 is 0 Å². The average Bonchev–Trinajstić information content (AvgIpc) is 3.30. The van der Waals surface area contributed by atoms with Crippen LogP contribution < -0.4 is 15.0 Å². The van der Waals surface area contributed by atoms with Crippen LogP contribution >= 0.6 is 0 Å². The van der Waals surface area contributed by atoms with Gasteiger partial charge in [0.1, 0.15) is 13.2 Å². The maximum atomic E-state index is 13.0. The largest absolute Gasteiger partial charge is 0.486 e. The number of ether oxygens (including phenoxy) is 3. The predicted octanol–water partition coefficient (Wildman–Crippen LogP) is 2.44. The van der Waals surface area contributed by atoms with Gasteiger partial charge in [0.05, 0.1) is 25.2 Å². The first-order valence-electron chi connectivity index (χ1n) is 11.6. The summed E-state index contributed by atoms with van der Waals surface area (Å²) in [5.74, 6) is 2.05. The lowest BCUT2D eigenvalue weighted by atomic mass is 10.1. The van der Waals surface area contributed by atoms with Gasteiger partial charge < -0.3 is 19.2 Å². The Morgan fingerprint density at radius 3 is 2.60 bits per heavy atom. The molecule has 1 N–H and O–H groups in total. The molecule has 0 spiro atoms. The molecule has 2 aromatic heterocycles. The fourth-order valence-corrected chi connectivity index (χ4v) is 4.15. The molecule has 0 radical (unpaired) electrons. The molecule has 0 fully saturated rings. The summed E-state index contributed by atoms with van der Waals surface area (Å²) in [6.07, 6.45) is 0. The maximum Gasteiger partial charge on any atom is 0.252 e. The zero-order chi connectivity index (χ0) is 24.2. The second-order valence-electron chi connectivity index (χ2n) is 8.65. The van der Waals surface area contributed by atoms with Crippen LogP contribution in [0.1, 0.15) is 22.5 Å². The van der Waals surface area contributed by atoms with Gasteiger partial charge in [-0.1, -0.05) is 29.8 Å². The lowest BCUT2D eigenvalue weighted by Crippen LogP contribution is -2.28. The minimum absolute atomic E-state index is 0.137. The highest BCUT2D eigenvalue weighted by atomic mass is 16.6. The van der Waals surface area contributed by atoms with E-state index in [0.717, 1.165) is 16.5 Å². The zero-order valence-corrected chi connectivity index (χ0v) is 19.9. The lowest BCUT2D eigenvalue weighted by molar-refractivity contribution is 0.172. The SMILES string of the molecule is COCCn1nnnc1CN(Cc1ccc(C)cc1)Cc1cc2cc3c(cc2[nH]c1=O)OCCO3. The Balaban J connectivity index is 1.45. The molecule has 3 heterocycles. The number of rotatable bonds is 9. The molecule has 0 unspecified atom stereocenters. The summed E-state index contributed by atoms with van der Waals surface area (Å²) in [5.41, 5.74) is 3.57. The molecule has 10 nitrogen and oxygen atoms in total. The highest BCUT2D eigenvalue weighted by molar-refractivity contribution is 5.83. The molecule has 0 bridgehead atoms. The van der Waals surface area contributed by atoms with E-state index in [1.54, 1.807) is 11.8 Å². The first kappa shape index (κ1) is 23.0. The number of aromatic nitrogens is 5. The fourth-order valence-electron chi connectivity index (χ4n) is 4.15. The summed E-state index contributed by atoms with van der Waals surface area (Å²) in [6, 6.07) is 14.0. The van der Waals surface area contributed by atoms with E-state index in [9.17, 15) is 4.79 Å². The number of H-pyrrole nitrogens is 1. The van der Waals surface area contributed by atoms with Crippen LogP contribution in [0.5, 0.6) is 11.5 Å². The molecule has 5 rings (SSSR count). The van der Waals surface area contributed by atoms with Gasteiger partial charge in [-0.3, -0.25) is 9.69 Å². The van der Waals surface area contributed by atoms with Crippen LogP contribution in [0, 0.1) is 6.92 Å². The molecule has 0 aliphatic carbocycles. The number of fused-ring (bicyclic) bond motifs is 2. The second kappa shape index (κ2) is 10.2. The number of pyridine rings is 1. The highest BCUT2D eigenvalue weighted by Crippen LogP contribution is 2.33. The van der Waals surface area contributed by atoms with Gasteiger partial charge in [-0.2, -0.15) is 0 Å². The van der Waals surface area contributed by atoms with E-state index in [-0.39, 0.29) is 5.56 Å². The lowest BCUT2D eigenvalue weighted by Gasteiger charge is -2.22. The van der Waals surface area contributed by atoms with Crippen molar-refractivity contribution < 1.29 is 14.2 Å². The number of hydrogen-bond donors (Lipinski definition) is 1. The number of nitrogens with one attached hydrogen (secondary N) is 1. The van der Waals surface area contributed by atoms with E-state index in [4.69, 9.17) is 14.2 Å². The van der Waals surface area contributed by atoms with Crippen molar-refractivity contribution in [3.8, 4) is 11.5 Å². The number of methoxy groups -OCH3 is 1. The van der Waals surface area contributed by atoms with Gasteiger partial charge in [0.2, 0.25) is 0 Å². The van der Waals surface area contributed by atoms with E-state index in [1.807, 2.05) is 18.2 Å². The molecule has 35 heavy (non-hydrogen) atoms. The monoisotopic (exact) mass is 476 g/mol. The van der Waals surface area contributed by atoms with E-state index in [2.05, 4.69) is 56.6 Å². The first-order chi connectivity index (χ1) is 17.1. The Kier molecular flexibility index (Phi) is 6.73. The van der Waals surface area contributed by atoms with E-state index in [1.165, 1.54) is 5.56 Å². The summed E-state index contributed by atoms with van der Waals surface area (Å²) in [6.45, 7) is 5.67. The summed E-state index contributed by atoms with van der Waals surface area (Å²) in [5, 5.41) is 13.0. The number of hydrogen-bond acceptors (Lipinski definition) is 8. The molecule has 0 amide bonds. The Hall–Kier alpha value is -3.76. The van der Waals surface area contributed by atoms with Gasteiger partial charge in [-0.05, 0) is 35.0 Å². The Morgan fingerprint density at radius 1 is 1.06 bits per heavy atom. The van der Waals surface area contributed by atoms with Crippen LogP contribution in [-0.2, 0) is 30.9 Å². The number of nitrogens with zero attached hydrogens (tertiary/aromatic N) is 5. The van der Waals surface area contributed by atoms with Crippen molar-refractivity contribution in [3.63, 3.8) is 0 Å². The molecule has 4 aromatic rings. The van der Waals surface area contributed by atoms with Crippen LogP contribution in [0.25, 0.3) is 10.9 Å². The summed E-state index contributed by atoms with van der Waals surface area (Å²) >= 11 is 0. The van der Waals surface area contributed by atoms with Crippen molar-refractivity contribution in [2.75, 3.05) is 26.9 Å². The minimum Gasteiger partial charge on any atom is -0.486 e. The zero-order valence-electron chi connectivity index (χ0n) is 19.9. The molecule has 182 valence electrons. The molecule has 0 atom stereocenters. The molecular formula is C25H28N6O4. The van der Waals surface area contributed by atoms with Gasteiger partial charge >= 0.3 is 0 Å². The van der Waals surface area contributed by atoms with Crippen molar-refractivity contribution in [1.29, 1.82) is 0 Å². The Labute approximate surface area is 202 Å². The molecule has 0 saturated carbocycles. The topological polar surface area (TPSA) is 107 Å². The van der Waals surface area contributed by atoms with Gasteiger partial charge in [0, 0.05) is 37.2 Å². The molecule has 1 aliphatic heterocycles. The normalized spacial score (nSPS) is 13.0. The fraction of sp³-hybridized carbons (Fsp3) is 0.360. The summed E-state index contributed by atoms with van der Waals surface area (Å²) in [7, 11) is 1.65. The predicted molar refractivity (Wildman–Crippen MR) is 129 cm³/mol. The number of aromatic amines is 1. The minimum atomic E-state index is -0.137. The third kappa shape index (κ3) is 5.33. The molecule has 0 saturated heterocycles. The molecule has 1 aliphatic rings. The Morgan fingerprint density at radius 2 is 1.83 bits per heavy atom. The van der Waals surface area contributed by atoms with E-state index >= 15 is 0 Å². The maximum absolute atomic E-state index is 13.0. The second-order valence-corrected chi connectivity index (χ2v) is 8.65. The van der Waals surface area contributed by atoms with Crippen LogP contribution in [0.3, 0.4) is 0 Å². The van der Waals surface area contributed by atoms with Crippen molar-refractivity contribution in [1.82, 2.24) is 30.1 Å². The molecule has 2 aromatic carbocycles. The van der Waals surface area contributed by atoms with Crippen LogP contribution in [0.15, 0.2) is 47.3 Å². The van der Waals surface area contributed by atoms with E-state index in [0.29, 0.717) is 68.9 Å². The first-order valence-corrected chi connectivity index (χ1v) is 11.6.